The summed E-state index contributed by atoms with van der Waals surface area (Å²) in [5.41, 5.74) is 0.0959. The summed E-state index contributed by atoms with van der Waals surface area (Å²) in [6.45, 7) is 1.05. The maximum absolute atomic E-state index is 10.9. The van der Waals surface area contributed by atoms with E-state index in [4.69, 9.17) is 5.11 Å². The van der Waals surface area contributed by atoms with Crippen molar-refractivity contribution in [2.24, 2.45) is 0 Å². The van der Waals surface area contributed by atoms with Crippen LogP contribution in [0.15, 0.2) is 24.7 Å². The minimum atomic E-state index is -1.04. The van der Waals surface area contributed by atoms with Crippen LogP contribution in [0.25, 0.3) is 0 Å². The largest absolute Gasteiger partial charge is 0.478 e. The second kappa shape index (κ2) is 5.01. The van der Waals surface area contributed by atoms with Gasteiger partial charge in [0.05, 0.1) is 18.9 Å². The fraction of sp³-hybridized carbons (Fsp3) is 0.222. The van der Waals surface area contributed by atoms with Gasteiger partial charge in [-0.25, -0.2) is 4.79 Å². The van der Waals surface area contributed by atoms with Gasteiger partial charge in [-0.05, 0) is 6.07 Å². The molecule has 0 aliphatic heterocycles. The van der Waals surface area contributed by atoms with E-state index in [9.17, 15) is 4.79 Å². The summed E-state index contributed by atoms with van der Waals surface area (Å²) < 4.78 is 1.63. The number of nitrogens with one attached hydrogen (secondary N) is 1. The fourth-order valence-electron chi connectivity index (χ4n) is 1.28. The number of aromatic carboxylic acids is 1. The predicted octanol–water partition coefficient (Wildman–Crippen LogP) is -0.122. The van der Waals surface area contributed by atoms with E-state index in [-0.39, 0.29) is 11.4 Å². The second-order valence-electron chi connectivity index (χ2n) is 3.19. The fourth-order valence-corrected chi connectivity index (χ4v) is 1.28. The molecule has 0 atom stereocenters. The standard InChI is InChI=1S/C9H10N6O2/c16-9(17)7-1-2-11-13-8(7)10-3-5-15-6-4-12-14-15/h1-2,4,6H,3,5H2,(H,10,13)(H,16,17). The molecule has 8 heteroatoms. The number of anilines is 1. The van der Waals surface area contributed by atoms with Crippen molar-refractivity contribution in [3.63, 3.8) is 0 Å². The van der Waals surface area contributed by atoms with Crippen molar-refractivity contribution in [3.8, 4) is 0 Å². The van der Waals surface area contributed by atoms with Crippen LogP contribution in [-0.2, 0) is 6.54 Å². The number of rotatable bonds is 5. The van der Waals surface area contributed by atoms with E-state index in [0.29, 0.717) is 13.1 Å². The number of hydrogen-bond acceptors (Lipinski definition) is 6. The van der Waals surface area contributed by atoms with E-state index in [1.807, 2.05) is 0 Å². The molecule has 0 aliphatic rings. The molecule has 8 nitrogen and oxygen atoms in total. The van der Waals surface area contributed by atoms with Gasteiger partial charge in [0, 0.05) is 12.7 Å². The highest BCUT2D eigenvalue weighted by Gasteiger charge is 2.10. The van der Waals surface area contributed by atoms with Crippen molar-refractivity contribution < 1.29 is 9.90 Å². The minimum Gasteiger partial charge on any atom is -0.478 e. The summed E-state index contributed by atoms with van der Waals surface area (Å²) in [7, 11) is 0. The third-order valence-electron chi connectivity index (χ3n) is 2.06. The van der Waals surface area contributed by atoms with Crippen LogP contribution in [0, 0.1) is 0 Å². The Labute approximate surface area is 96.3 Å². The van der Waals surface area contributed by atoms with Crippen LogP contribution in [0.1, 0.15) is 10.4 Å². The first-order valence-corrected chi connectivity index (χ1v) is 4.90. The highest BCUT2D eigenvalue weighted by atomic mass is 16.4. The van der Waals surface area contributed by atoms with Gasteiger partial charge in [0.2, 0.25) is 0 Å². The van der Waals surface area contributed by atoms with E-state index in [0.717, 1.165) is 0 Å². The van der Waals surface area contributed by atoms with Gasteiger partial charge in [0.1, 0.15) is 5.56 Å². The van der Waals surface area contributed by atoms with Crippen molar-refractivity contribution in [3.05, 3.63) is 30.2 Å². The molecule has 2 aromatic heterocycles. The van der Waals surface area contributed by atoms with Crippen LogP contribution in [0.5, 0.6) is 0 Å². The Morgan fingerprint density at radius 2 is 2.29 bits per heavy atom. The minimum absolute atomic E-state index is 0.0959. The molecular formula is C9H10N6O2. The first-order chi connectivity index (χ1) is 8.27. The summed E-state index contributed by atoms with van der Waals surface area (Å²) >= 11 is 0. The summed E-state index contributed by atoms with van der Waals surface area (Å²) in [5, 5.41) is 26.6. The number of carboxylic acid groups (broad SMARTS) is 1. The second-order valence-corrected chi connectivity index (χ2v) is 3.19. The van der Waals surface area contributed by atoms with Crippen LogP contribution in [0.3, 0.4) is 0 Å². The summed E-state index contributed by atoms with van der Waals surface area (Å²) in [4.78, 5) is 10.9. The Morgan fingerprint density at radius 1 is 1.41 bits per heavy atom. The molecule has 0 radical (unpaired) electrons. The van der Waals surface area contributed by atoms with Crippen molar-refractivity contribution in [2.75, 3.05) is 11.9 Å². The van der Waals surface area contributed by atoms with Gasteiger partial charge >= 0.3 is 5.97 Å². The van der Waals surface area contributed by atoms with Gasteiger partial charge in [0.25, 0.3) is 0 Å². The summed E-state index contributed by atoms with van der Waals surface area (Å²) in [5.74, 6) is -0.789. The molecule has 0 amide bonds. The van der Waals surface area contributed by atoms with Crippen molar-refractivity contribution in [2.45, 2.75) is 6.54 Å². The van der Waals surface area contributed by atoms with Crippen LogP contribution < -0.4 is 5.32 Å². The average Bonchev–Trinajstić information content (AvgIpc) is 2.82. The smallest absolute Gasteiger partial charge is 0.339 e. The molecule has 0 fully saturated rings. The Balaban J connectivity index is 1.97. The average molecular weight is 234 g/mol. The molecule has 88 valence electrons. The molecule has 0 unspecified atom stereocenters. The van der Waals surface area contributed by atoms with Gasteiger partial charge in [-0.15, -0.1) is 10.2 Å². The van der Waals surface area contributed by atoms with Gasteiger partial charge in [0.15, 0.2) is 5.82 Å². The van der Waals surface area contributed by atoms with E-state index >= 15 is 0 Å². The first kappa shape index (κ1) is 11.0. The predicted molar refractivity (Wildman–Crippen MR) is 57.5 cm³/mol. The zero-order valence-corrected chi connectivity index (χ0v) is 8.82. The van der Waals surface area contributed by atoms with Crippen LogP contribution in [0.4, 0.5) is 5.82 Å². The lowest BCUT2D eigenvalue weighted by Crippen LogP contribution is -2.15. The zero-order valence-electron chi connectivity index (χ0n) is 8.82. The maximum Gasteiger partial charge on any atom is 0.339 e. The lowest BCUT2D eigenvalue weighted by Gasteiger charge is -2.06. The normalized spacial score (nSPS) is 10.1. The lowest BCUT2D eigenvalue weighted by molar-refractivity contribution is 0.0697. The molecule has 0 bridgehead atoms. The first-order valence-electron chi connectivity index (χ1n) is 4.90. The Kier molecular flexibility index (Phi) is 3.24. The van der Waals surface area contributed by atoms with E-state index in [1.165, 1.54) is 12.3 Å². The molecule has 2 aromatic rings. The molecule has 0 saturated heterocycles. The Morgan fingerprint density at radius 3 is 3.00 bits per heavy atom. The third-order valence-corrected chi connectivity index (χ3v) is 2.06. The molecule has 2 heterocycles. The van der Waals surface area contributed by atoms with E-state index < -0.39 is 5.97 Å². The summed E-state index contributed by atoms with van der Waals surface area (Å²) in [6.07, 6.45) is 4.63. The molecule has 17 heavy (non-hydrogen) atoms. The van der Waals surface area contributed by atoms with Crippen molar-refractivity contribution in [1.29, 1.82) is 0 Å². The molecular weight excluding hydrogens is 224 g/mol. The summed E-state index contributed by atoms with van der Waals surface area (Å²) in [6, 6.07) is 1.40. The van der Waals surface area contributed by atoms with Crippen LogP contribution >= 0.6 is 0 Å². The third kappa shape index (κ3) is 2.74. The SMILES string of the molecule is O=C(O)c1ccnnc1NCCn1ccnn1. The van der Waals surface area contributed by atoms with E-state index in [1.54, 1.807) is 17.1 Å². The van der Waals surface area contributed by atoms with E-state index in [2.05, 4.69) is 25.8 Å². The molecule has 2 rings (SSSR count). The molecule has 0 aliphatic carbocycles. The lowest BCUT2D eigenvalue weighted by atomic mass is 10.3. The number of aromatic nitrogens is 5. The quantitative estimate of drug-likeness (QED) is 0.742. The van der Waals surface area contributed by atoms with Gasteiger partial charge in [-0.3, -0.25) is 4.68 Å². The van der Waals surface area contributed by atoms with Gasteiger partial charge < -0.3 is 10.4 Å². The highest BCUT2D eigenvalue weighted by Crippen LogP contribution is 2.09. The number of carbonyl (C=O) groups is 1. The zero-order chi connectivity index (χ0) is 12.1. The monoisotopic (exact) mass is 234 g/mol. The highest BCUT2D eigenvalue weighted by molar-refractivity contribution is 5.92. The topological polar surface area (TPSA) is 106 Å². The van der Waals surface area contributed by atoms with Crippen molar-refractivity contribution in [1.82, 2.24) is 25.2 Å². The van der Waals surface area contributed by atoms with Crippen LogP contribution in [0.2, 0.25) is 0 Å². The van der Waals surface area contributed by atoms with Gasteiger partial charge in [-0.1, -0.05) is 5.21 Å². The molecule has 0 aromatic carbocycles. The Bertz CT molecular complexity index is 498. The van der Waals surface area contributed by atoms with Crippen molar-refractivity contribution >= 4 is 11.8 Å². The number of carboxylic acids is 1. The van der Waals surface area contributed by atoms with Crippen LogP contribution in [-0.4, -0.2) is 42.8 Å². The van der Waals surface area contributed by atoms with Gasteiger partial charge in [-0.2, -0.15) is 5.10 Å². The maximum atomic E-state index is 10.9. The number of nitrogens with zero attached hydrogens (tertiary/aromatic N) is 5. The molecule has 0 saturated carbocycles. The number of hydrogen-bond donors (Lipinski definition) is 2. The Hall–Kier alpha value is -2.51. The molecule has 0 spiro atoms. The molecule has 2 N–H and O–H groups in total.